The van der Waals surface area contributed by atoms with Crippen molar-refractivity contribution in [2.24, 2.45) is 0 Å². The predicted molar refractivity (Wildman–Crippen MR) is 83.2 cm³/mol. The van der Waals surface area contributed by atoms with Gasteiger partial charge in [-0.25, -0.2) is 4.68 Å². The second kappa shape index (κ2) is 7.49. The highest BCUT2D eigenvalue weighted by atomic mass is 15.5. The summed E-state index contributed by atoms with van der Waals surface area (Å²) in [4.78, 5) is 2.65. The third-order valence-electron chi connectivity index (χ3n) is 4.53. The van der Waals surface area contributed by atoms with Crippen LogP contribution in [0, 0.1) is 6.92 Å². The number of piperidine rings is 1. The summed E-state index contributed by atoms with van der Waals surface area (Å²) in [6, 6.07) is 2.68. The van der Waals surface area contributed by atoms with E-state index in [2.05, 4.69) is 25.5 Å². The molecule has 3 rings (SSSR count). The second-order valence-electron chi connectivity index (χ2n) is 6.05. The van der Waals surface area contributed by atoms with Crippen molar-refractivity contribution in [3.05, 3.63) is 24.3 Å². The van der Waals surface area contributed by atoms with Gasteiger partial charge >= 0.3 is 0 Å². The lowest BCUT2D eigenvalue weighted by Crippen LogP contribution is -2.41. The van der Waals surface area contributed by atoms with Gasteiger partial charge in [-0.15, -0.1) is 5.10 Å². The highest BCUT2D eigenvalue weighted by molar-refractivity contribution is 4.81. The first-order valence-corrected chi connectivity index (χ1v) is 8.27. The van der Waals surface area contributed by atoms with Crippen molar-refractivity contribution in [1.29, 1.82) is 0 Å². The van der Waals surface area contributed by atoms with Crippen LogP contribution in [0.1, 0.15) is 37.9 Å². The fraction of sp³-hybridized carbons (Fsp3) is 0.733. The van der Waals surface area contributed by atoms with E-state index in [-0.39, 0.29) is 0 Å². The molecule has 1 aliphatic rings. The van der Waals surface area contributed by atoms with E-state index < -0.39 is 0 Å². The number of rotatable bonds is 7. The summed E-state index contributed by atoms with van der Waals surface area (Å²) in [5, 5.41) is 16.0. The van der Waals surface area contributed by atoms with E-state index in [1.54, 1.807) is 0 Å². The Balaban J connectivity index is 1.46. The number of nitrogens with zero attached hydrogens (tertiary/aromatic N) is 7. The van der Waals surface area contributed by atoms with Gasteiger partial charge in [0.05, 0.1) is 0 Å². The van der Waals surface area contributed by atoms with E-state index in [9.17, 15) is 0 Å². The smallest absolute Gasteiger partial charge is 0.148 e. The molecule has 0 radical (unpaired) electrons. The summed E-state index contributed by atoms with van der Waals surface area (Å²) < 4.78 is 3.93. The second-order valence-corrected chi connectivity index (χ2v) is 6.05. The Hall–Kier alpha value is -1.76. The Morgan fingerprint density at radius 1 is 1.23 bits per heavy atom. The molecule has 0 N–H and O–H groups in total. The van der Waals surface area contributed by atoms with Crippen molar-refractivity contribution < 1.29 is 0 Å². The van der Waals surface area contributed by atoms with Crippen LogP contribution in [0.15, 0.2) is 18.5 Å². The molecule has 2 aromatic heterocycles. The molecule has 120 valence electrons. The van der Waals surface area contributed by atoms with Gasteiger partial charge in [0.2, 0.25) is 0 Å². The number of aromatic nitrogens is 6. The Labute approximate surface area is 131 Å². The highest BCUT2D eigenvalue weighted by Gasteiger charge is 2.21. The van der Waals surface area contributed by atoms with Gasteiger partial charge in [0.1, 0.15) is 5.82 Å². The molecule has 0 saturated carbocycles. The van der Waals surface area contributed by atoms with Crippen LogP contribution < -0.4 is 0 Å². The van der Waals surface area contributed by atoms with Crippen molar-refractivity contribution in [1.82, 2.24) is 34.9 Å². The lowest BCUT2D eigenvalue weighted by atomic mass is 9.99. The van der Waals surface area contributed by atoms with Crippen LogP contribution in [0.5, 0.6) is 0 Å². The summed E-state index contributed by atoms with van der Waals surface area (Å²) in [5.74, 6) is 0.897. The number of likely N-dealkylation sites (tertiary alicyclic amines) is 1. The van der Waals surface area contributed by atoms with Crippen LogP contribution in [0.3, 0.4) is 0 Å². The molecule has 2 aromatic rings. The summed E-state index contributed by atoms with van der Waals surface area (Å²) in [5.41, 5.74) is 0. The van der Waals surface area contributed by atoms with Gasteiger partial charge in [-0.3, -0.25) is 4.68 Å². The summed E-state index contributed by atoms with van der Waals surface area (Å²) in [6.07, 6.45) is 10.2. The normalized spacial score (nSPS) is 19.6. The largest absolute Gasteiger partial charge is 0.300 e. The van der Waals surface area contributed by atoms with Crippen LogP contribution in [0.25, 0.3) is 0 Å². The number of aryl methyl sites for hydroxylation is 3. The highest BCUT2D eigenvalue weighted by Crippen LogP contribution is 2.20. The molecule has 22 heavy (non-hydrogen) atoms. The van der Waals surface area contributed by atoms with Crippen LogP contribution in [-0.4, -0.2) is 54.0 Å². The molecule has 7 nitrogen and oxygen atoms in total. The van der Waals surface area contributed by atoms with E-state index in [1.807, 2.05) is 34.7 Å². The standard InChI is InChI=1S/C15H25N7/c1-14-17-18-19-22(14)12-5-10-20-9-3-2-6-15(20)7-13-21-11-4-8-16-21/h4,8,11,15H,2-3,5-7,9-10,12-13H2,1H3. The van der Waals surface area contributed by atoms with Gasteiger partial charge in [-0.1, -0.05) is 6.42 Å². The molecule has 0 bridgehead atoms. The first-order chi connectivity index (χ1) is 10.8. The molecule has 0 aliphatic carbocycles. The average molecular weight is 303 g/mol. The summed E-state index contributed by atoms with van der Waals surface area (Å²) in [6.45, 7) is 6.22. The molecular weight excluding hydrogens is 278 g/mol. The maximum atomic E-state index is 4.30. The third-order valence-corrected chi connectivity index (χ3v) is 4.53. The molecule has 1 atom stereocenters. The quantitative estimate of drug-likeness (QED) is 0.776. The van der Waals surface area contributed by atoms with E-state index in [0.717, 1.165) is 31.9 Å². The molecule has 1 saturated heterocycles. The molecular formula is C15H25N7. The summed E-state index contributed by atoms with van der Waals surface area (Å²) >= 11 is 0. The Kier molecular flexibility index (Phi) is 5.15. The van der Waals surface area contributed by atoms with Crippen molar-refractivity contribution in [3.63, 3.8) is 0 Å². The molecule has 1 fully saturated rings. The molecule has 0 aromatic carbocycles. The lowest BCUT2D eigenvalue weighted by molar-refractivity contribution is 0.131. The lowest BCUT2D eigenvalue weighted by Gasteiger charge is -2.35. The first kappa shape index (κ1) is 15.1. The van der Waals surface area contributed by atoms with Gasteiger partial charge in [-0.2, -0.15) is 5.10 Å². The summed E-state index contributed by atoms with van der Waals surface area (Å²) in [7, 11) is 0. The monoisotopic (exact) mass is 303 g/mol. The first-order valence-electron chi connectivity index (χ1n) is 8.27. The van der Waals surface area contributed by atoms with Gasteiger partial charge in [0.15, 0.2) is 0 Å². The number of hydrogen-bond donors (Lipinski definition) is 0. The maximum absolute atomic E-state index is 4.30. The van der Waals surface area contributed by atoms with Crippen molar-refractivity contribution in [3.8, 4) is 0 Å². The molecule has 0 amide bonds. The molecule has 1 unspecified atom stereocenters. The molecule has 7 heteroatoms. The molecule has 1 aliphatic heterocycles. The fourth-order valence-corrected chi connectivity index (χ4v) is 3.27. The fourth-order valence-electron chi connectivity index (χ4n) is 3.27. The van der Waals surface area contributed by atoms with Crippen molar-refractivity contribution in [2.45, 2.75) is 58.2 Å². The van der Waals surface area contributed by atoms with Crippen molar-refractivity contribution in [2.75, 3.05) is 13.1 Å². The molecule has 0 spiro atoms. The van der Waals surface area contributed by atoms with Gasteiger partial charge in [0, 0.05) is 38.1 Å². The number of tetrazole rings is 1. The third kappa shape index (κ3) is 3.91. The topological polar surface area (TPSA) is 64.7 Å². The zero-order valence-corrected chi connectivity index (χ0v) is 13.3. The van der Waals surface area contributed by atoms with E-state index >= 15 is 0 Å². The maximum Gasteiger partial charge on any atom is 0.148 e. The predicted octanol–water partition coefficient (Wildman–Crippen LogP) is 1.51. The van der Waals surface area contributed by atoms with Crippen LogP contribution in [0.4, 0.5) is 0 Å². The molecule has 3 heterocycles. The van der Waals surface area contributed by atoms with Crippen LogP contribution in [0.2, 0.25) is 0 Å². The van der Waals surface area contributed by atoms with Crippen LogP contribution >= 0.6 is 0 Å². The average Bonchev–Trinajstić information content (AvgIpc) is 3.18. The number of hydrogen-bond acceptors (Lipinski definition) is 5. The zero-order chi connectivity index (χ0) is 15.2. The minimum absolute atomic E-state index is 0.688. The Bertz CT molecular complexity index is 548. The SMILES string of the molecule is Cc1nnnn1CCCN1CCCCC1CCn1cccn1. The van der Waals surface area contributed by atoms with Gasteiger partial charge in [-0.05, 0) is 55.6 Å². The minimum atomic E-state index is 0.688. The van der Waals surface area contributed by atoms with Crippen molar-refractivity contribution >= 4 is 0 Å². The van der Waals surface area contributed by atoms with E-state index in [1.165, 1.54) is 32.2 Å². The minimum Gasteiger partial charge on any atom is -0.300 e. The van der Waals surface area contributed by atoms with E-state index in [4.69, 9.17) is 0 Å². The Morgan fingerprint density at radius 3 is 2.95 bits per heavy atom. The van der Waals surface area contributed by atoms with Crippen LogP contribution in [-0.2, 0) is 13.1 Å². The Morgan fingerprint density at radius 2 is 2.18 bits per heavy atom. The van der Waals surface area contributed by atoms with Gasteiger partial charge < -0.3 is 4.90 Å². The van der Waals surface area contributed by atoms with Gasteiger partial charge in [0.25, 0.3) is 0 Å². The van der Waals surface area contributed by atoms with E-state index in [0.29, 0.717) is 6.04 Å². The zero-order valence-electron chi connectivity index (χ0n) is 13.3.